The predicted octanol–water partition coefficient (Wildman–Crippen LogP) is 2.65. The minimum atomic E-state index is -0.192. The van der Waals surface area contributed by atoms with Crippen LogP contribution < -0.4 is 16.0 Å². The third-order valence-electron chi connectivity index (χ3n) is 3.80. The summed E-state index contributed by atoms with van der Waals surface area (Å²) in [6.45, 7) is 8.91. The molecule has 5 heteroatoms. The van der Waals surface area contributed by atoms with Gasteiger partial charge in [-0.3, -0.25) is 4.79 Å². The number of halogens is 1. The van der Waals surface area contributed by atoms with Crippen molar-refractivity contribution in [2.24, 2.45) is 11.7 Å². The van der Waals surface area contributed by atoms with Crippen LogP contribution in [0.4, 0.5) is 5.69 Å². The molecule has 1 aliphatic heterocycles. The van der Waals surface area contributed by atoms with Crippen LogP contribution >= 0.6 is 15.9 Å². The van der Waals surface area contributed by atoms with Crippen molar-refractivity contribution in [1.29, 1.82) is 0 Å². The Labute approximate surface area is 135 Å². The van der Waals surface area contributed by atoms with Crippen LogP contribution in [0.3, 0.4) is 0 Å². The second kappa shape index (κ2) is 6.36. The first-order valence-corrected chi connectivity index (χ1v) is 8.13. The fraction of sp³-hybridized carbons (Fsp3) is 0.562. The molecule has 3 N–H and O–H groups in total. The first-order valence-electron chi connectivity index (χ1n) is 7.34. The van der Waals surface area contributed by atoms with Gasteiger partial charge in [0.2, 0.25) is 5.91 Å². The number of rotatable bonds is 4. The van der Waals surface area contributed by atoms with Crippen molar-refractivity contribution >= 4 is 27.5 Å². The van der Waals surface area contributed by atoms with E-state index in [1.165, 1.54) is 5.56 Å². The number of hydrogen-bond acceptors (Lipinski definition) is 3. The lowest BCUT2D eigenvalue weighted by molar-refractivity contribution is -0.121. The van der Waals surface area contributed by atoms with Gasteiger partial charge in [-0.25, -0.2) is 0 Å². The van der Waals surface area contributed by atoms with E-state index in [-0.39, 0.29) is 17.4 Å². The zero-order chi connectivity index (χ0) is 15.6. The van der Waals surface area contributed by atoms with Gasteiger partial charge in [-0.1, -0.05) is 22.0 Å². The smallest absolute Gasteiger partial charge is 0.222 e. The Morgan fingerprint density at radius 2 is 2.19 bits per heavy atom. The molecule has 1 saturated heterocycles. The molecule has 0 bridgehead atoms. The molecule has 1 aromatic carbocycles. The number of carbonyl (C=O) groups excluding carboxylic acids is 1. The molecule has 116 valence electrons. The van der Waals surface area contributed by atoms with Crippen molar-refractivity contribution in [2.45, 2.75) is 39.3 Å². The van der Waals surface area contributed by atoms with E-state index < -0.39 is 0 Å². The van der Waals surface area contributed by atoms with Crippen LogP contribution in [0.25, 0.3) is 0 Å². The molecule has 0 aliphatic carbocycles. The van der Waals surface area contributed by atoms with E-state index in [0.717, 1.165) is 36.2 Å². The Bertz CT molecular complexity index is 525. The lowest BCUT2D eigenvalue weighted by atomic mass is 10.1. The van der Waals surface area contributed by atoms with Crippen LogP contribution in [-0.2, 0) is 11.3 Å². The molecule has 1 atom stereocenters. The maximum Gasteiger partial charge on any atom is 0.222 e. The number of nitrogens with zero attached hydrogens (tertiary/aromatic N) is 1. The van der Waals surface area contributed by atoms with Gasteiger partial charge in [0, 0.05) is 35.3 Å². The van der Waals surface area contributed by atoms with Crippen molar-refractivity contribution in [3.8, 4) is 0 Å². The minimum Gasteiger partial charge on any atom is -0.371 e. The van der Waals surface area contributed by atoms with Gasteiger partial charge in [-0.15, -0.1) is 0 Å². The Hall–Kier alpha value is -1.07. The lowest BCUT2D eigenvalue weighted by Crippen LogP contribution is -2.35. The average molecular weight is 354 g/mol. The third-order valence-corrected chi connectivity index (χ3v) is 4.54. The van der Waals surface area contributed by atoms with Crippen LogP contribution in [0.2, 0.25) is 0 Å². The summed E-state index contributed by atoms with van der Waals surface area (Å²) >= 11 is 3.65. The highest BCUT2D eigenvalue weighted by atomic mass is 79.9. The van der Waals surface area contributed by atoms with E-state index in [1.54, 1.807) is 0 Å². The van der Waals surface area contributed by atoms with Crippen LogP contribution in [0.1, 0.15) is 32.8 Å². The fourth-order valence-corrected chi connectivity index (χ4v) is 2.97. The first-order chi connectivity index (χ1) is 9.76. The van der Waals surface area contributed by atoms with Crippen LogP contribution in [0, 0.1) is 5.92 Å². The molecule has 1 amide bonds. The van der Waals surface area contributed by atoms with Gasteiger partial charge in [0.25, 0.3) is 0 Å². The number of primary amides is 1. The van der Waals surface area contributed by atoms with Crippen LogP contribution in [0.5, 0.6) is 0 Å². The second-order valence-electron chi connectivity index (χ2n) is 6.71. The van der Waals surface area contributed by atoms with Gasteiger partial charge in [-0.05, 0) is 44.9 Å². The Morgan fingerprint density at radius 3 is 2.71 bits per heavy atom. The van der Waals surface area contributed by atoms with Gasteiger partial charge in [0.1, 0.15) is 0 Å². The van der Waals surface area contributed by atoms with Crippen molar-refractivity contribution in [2.75, 3.05) is 18.0 Å². The summed E-state index contributed by atoms with van der Waals surface area (Å²) in [4.78, 5) is 13.5. The summed E-state index contributed by atoms with van der Waals surface area (Å²) in [7, 11) is 0. The summed E-state index contributed by atoms with van der Waals surface area (Å²) in [6, 6.07) is 6.38. The molecular weight excluding hydrogens is 330 g/mol. The largest absolute Gasteiger partial charge is 0.371 e. The van der Waals surface area contributed by atoms with Crippen LogP contribution in [-0.4, -0.2) is 24.5 Å². The zero-order valence-corrected chi connectivity index (χ0v) is 14.5. The number of benzene rings is 1. The summed E-state index contributed by atoms with van der Waals surface area (Å²) in [6.07, 6.45) is 0.848. The molecule has 1 aliphatic rings. The van der Waals surface area contributed by atoms with Crippen LogP contribution in [0.15, 0.2) is 22.7 Å². The van der Waals surface area contributed by atoms with Gasteiger partial charge < -0.3 is 16.0 Å². The molecule has 1 fully saturated rings. The standard InChI is InChI=1S/C16H24BrN3O/c1-16(2,3)19-9-11-4-5-13(8-14(11)17)20-7-6-12(10-20)15(18)21/h4-5,8,12,19H,6-7,9-10H2,1-3H3,(H2,18,21). The van der Waals surface area contributed by atoms with Crippen molar-refractivity contribution in [3.05, 3.63) is 28.2 Å². The molecule has 1 heterocycles. The second-order valence-corrected chi connectivity index (χ2v) is 7.57. The molecule has 0 aromatic heterocycles. The number of nitrogens with one attached hydrogen (secondary N) is 1. The zero-order valence-electron chi connectivity index (χ0n) is 12.9. The van der Waals surface area contributed by atoms with Crippen molar-refractivity contribution in [3.63, 3.8) is 0 Å². The van der Waals surface area contributed by atoms with E-state index in [1.807, 2.05) is 0 Å². The SMILES string of the molecule is CC(C)(C)NCc1ccc(N2CCC(C(N)=O)C2)cc1Br. The highest BCUT2D eigenvalue weighted by molar-refractivity contribution is 9.10. The lowest BCUT2D eigenvalue weighted by Gasteiger charge is -2.22. The third kappa shape index (κ3) is 4.45. The van der Waals surface area contributed by atoms with Crippen molar-refractivity contribution in [1.82, 2.24) is 5.32 Å². The fourth-order valence-electron chi connectivity index (χ4n) is 2.46. The first kappa shape index (κ1) is 16.3. The number of amides is 1. The number of nitrogens with two attached hydrogens (primary N) is 1. The Morgan fingerprint density at radius 1 is 1.48 bits per heavy atom. The Balaban J connectivity index is 2.04. The molecular formula is C16H24BrN3O. The molecule has 21 heavy (non-hydrogen) atoms. The highest BCUT2D eigenvalue weighted by Crippen LogP contribution is 2.28. The molecule has 1 aromatic rings. The number of carbonyl (C=O) groups is 1. The number of hydrogen-bond donors (Lipinski definition) is 2. The molecule has 0 saturated carbocycles. The van der Waals surface area contributed by atoms with Gasteiger partial charge in [0.15, 0.2) is 0 Å². The predicted molar refractivity (Wildman–Crippen MR) is 90.2 cm³/mol. The van der Waals surface area contributed by atoms with Gasteiger partial charge in [-0.2, -0.15) is 0 Å². The molecule has 0 spiro atoms. The maximum atomic E-state index is 11.3. The normalized spacial score (nSPS) is 19.0. The Kier molecular flexibility index (Phi) is 4.94. The average Bonchev–Trinajstić information content (AvgIpc) is 2.85. The minimum absolute atomic E-state index is 0.0222. The summed E-state index contributed by atoms with van der Waals surface area (Å²) in [5, 5.41) is 3.49. The summed E-state index contributed by atoms with van der Waals surface area (Å²) in [5.41, 5.74) is 7.87. The van der Waals surface area contributed by atoms with E-state index in [9.17, 15) is 4.79 Å². The topological polar surface area (TPSA) is 58.4 Å². The van der Waals surface area contributed by atoms with E-state index in [0.29, 0.717) is 0 Å². The van der Waals surface area contributed by atoms with Gasteiger partial charge in [0.05, 0.1) is 5.92 Å². The molecule has 1 unspecified atom stereocenters. The van der Waals surface area contributed by atoms with E-state index in [4.69, 9.17) is 5.73 Å². The maximum absolute atomic E-state index is 11.3. The van der Waals surface area contributed by atoms with E-state index >= 15 is 0 Å². The molecule has 2 rings (SSSR count). The number of anilines is 1. The molecule has 0 radical (unpaired) electrons. The quantitative estimate of drug-likeness (QED) is 0.874. The monoisotopic (exact) mass is 353 g/mol. The van der Waals surface area contributed by atoms with E-state index in [2.05, 4.69) is 65.1 Å². The summed E-state index contributed by atoms with van der Waals surface area (Å²) in [5.74, 6) is -0.214. The molecule has 4 nitrogen and oxygen atoms in total. The highest BCUT2D eigenvalue weighted by Gasteiger charge is 2.26. The summed E-state index contributed by atoms with van der Waals surface area (Å²) < 4.78 is 1.10. The van der Waals surface area contributed by atoms with Gasteiger partial charge >= 0.3 is 0 Å². The van der Waals surface area contributed by atoms with Crippen molar-refractivity contribution < 1.29 is 4.79 Å².